The lowest BCUT2D eigenvalue weighted by Crippen LogP contribution is -2.04. The van der Waals surface area contributed by atoms with E-state index < -0.39 is 0 Å². The van der Waals surface area contributed by atoms with Crippen molar-refractivity contribution in [3.63, 3.8) is 0 Å². The zero-order chi connectivity index (χ0) is 15.1. The fourth-order valence-corrected chi connectivity index (χ4v) is 3.27. The van der Waals surface area contributed by atoms with E-state index in [0.29, 0.717) is 0 Å². The van der Waals surface area contributed by atoms with Gasteiger partial charge in [0.2, 0.25) is 0 Å². The smallest absolute Gasteiger partial charge is 0.133 e. The molecule has 3 nitrogen and oxygen atoms in total. The standard InChI is InChI=1S/C17H13ClIN3/c18-12-3-7-14(8-4-12)22-17-15(9-10-20-17)16(21-22)11-1-5-13(19)6-2-11/h1-8,20H,9-10H2. The van der Waals surface area contributed by atoms with Gasteiger partial charge in [0.15, 0.2) is 0 Å². The number of halogens is 2. The van der Waals surface area contributed by atoms with E-state index in [4.69, 9.17) is 16.7 Å². The summed E-state index contributed by atoms with van der Waals surface area (Å²) in [7, 11) is 0. The summed E-state index contributed by atoms with van der Waals surface area (Å²) in [4.78, 5) is 0. The molecule has 1 N–H and O–H groups in total. The highest BCUT2D eigenvalue weighted by atomic mass is 127. The van der Waals surface area contributed by atoms with Crippen LogP contribution in [0, 0.1) is 3.57 Å². The highest BCUT2D eigenvalue weighted by Gasteiger charge is 2.23. The predicted molar refractivity (Wildman–Crippen MR) is 98.9 cm³/mol. The summed E-state index contributed by atoms with van der Waals surface area (Å²) in [6, 6.07) is 16.3. The van der Waals surface area contributed by atoms with Crippen molar-refractivity contribution < 1.29 is 0 Å². The van der Waals surface area contributed by atoms with Crippen LogP contribution in [0.3, 0.4) is 0 Å². The minimum atomic E-state index is 0.735. The maximum absolute atomic E-state index is 5.99. The van der Waals surface area contributed by atoms with Crippen LogP contribution in [0.1, 0.15) is 5.56 Å². The zero-order valence-corrected chi connectivity index (χ0v) is 14.6. The molecule has 0 saturated carbocycles. The van der Waals surface area contributed by atoms with Gasteiger partial charge in [-0.15, -0.1) is 0 Å². The van der Waals surface area contributed by atoms with Gasteiger partial charge in [0.05, 0.1) is 11.4 Å². The molecule has 0 atom stereocenters. The summed E-state index contributed by atoms with van der Waals surface area (Å²) in [6.45, 7) is 0.956. The van der Waals surface area contributed by atoms with Crippen molar-refractivity contribution in [3.8, 4) is 16.9 Å². The Morgan fingerprint density at radius 3 is 2.50 bits per heavy atom. The molecule has 0 bridgehead atoms. The summed E-state index contributed by atoms with van der Waals surface area (Å²) < 4.78 is 3.21. The second-order valence-electron chi connectivity index (χ2n) is 5.25. The second-order valence-corrected chi connectivity index (χ2v) is 6.93. The molecule has 5 heteroatoms. The van der Waals surface area contributed by atoms with Gasteiger partial charge in [0, 0.05) is 26.3 Å². The van der Waals surface area contributed by atoms with E-state index in [2.05, 4.69) is 52.2 Å². The molecule has 0 spiro atoms. The number of benzene rings is 2. The Labute approximate surface area is 147 Å². The number of aromatic nitrogens is 2. The number of anilines is 1. The van der Waals surface area contributed by atoms with Crippen LogP contribution < -0.4 is 5.32 Å². The van der Waals surface area contributed by atoms with Crippen molar-refractivity contribution >= 4 is 40.0 Å². The van der Waals surface area contributed by atoms with Crippen LogP contribution >= 0.6 is 34.2 Å². The Hall–Kier alpha value is -1.53. The lowest BCUT2D eigenvalue weighted by atomic mass is 10.1. The largest absolute Gasteiger partial charge is 0.369 e. The molecule has 2 aromatic carbocycles. The molecule has 1 aliphatic heterocycles. The lowest BCUT2D eigenvalue weighted by molar-refractivity contribution is 0.882. The highest BCUT2D eigenvalue weighted by molar-refractivity contribution is 14.1. The number of nitrogens with zero attached hydrogens (tertiary/aromatic N) is 2. The van der Waals surface area contributed by atoms with E-state index in [1.807, 2.05) is 28.9 Å². The second kappa shape index (κ2) is 5.59. The van der Waals surface area contributed by atoms with Gasteiger partial charge in [0.25, 0.3) is 0 Å². The van der Waals surface area contributed by atoms with Gasteiger partial charge in [-0.25, -0.2) is 4.68 Å². The minimum Gasteiger partial charge on any atom is -0.369 e. The fraction of sp³-hybridized carbons (Fsp3) is 0.118. The van der Waals surface area contributed by atoms with Crippen molar-refractivity contribution in [3.05, 3.63) is 62.7 Å². The topological polar surface area (TPSA) is 29.9 Å². The Morgan fingerprint density at radius 2 is 1.77 bits per heavy atom. The molecule has 110 valence electrons. The normalized spacial score (nSPS) is 13.0. The number of nitrogens with one attached hydrogen (secondary N) is 1. The quantitative estimate of drug-likeness (QED) is 0.604. The summed E-state index contributed by atoms with van der Waals surface area (Å²) in [5.41, 5.74) is 4.53. The van der Waals surface area contributed by atoms with Crippen LogP contribution in [-0.2, 0) is 6.42 Å². The first-order chi connectivity index (χ1) is 10.7. The van der Waals surface area contributed by atoms with E-state index in [1.54, 1.807) is 0 Å². The first-order valence-corrected chi connectivity index (χ1v) is 8.56. The van der Waals surface area contributed by atoms with Crippen molar-refractivity contribution in [1.82, 2.24) is 9.78 Å². The Balaban J connectivity index is 1.86. The van der Waals surface area contributed by atoms with Gasteiger partial charge in [-0.1, -0.05) is 23.7 Å². The van der Waals surface area contributed by atoms with E-state index in [-0.39, 0.29) is 0 Å². The average Bonchev–Trinajstić information content (AvgIpc) is 3.12. The average molecular weight is 422 g/mol. The molecule has 0 fully saturated rings. The number of hydrogen-bond donors (Lipinski definition) is 1. The molecule has 3 aromatic rings. The molecule has 0 unspecified atom stereocenters. The van der Waals surface area contributed by atoms with E-state index in [1.165, 1.54) is 9.13 Å². The number of fused-ring (bicyclic) bond motifs is 1. The van der Waals surface area contributed by atoms with Crippen molar-refractivity contribution in [2.24, 2.45) is 0 Å². The van der Waals surface area contributed by atoms with Gasteiger partial charge in [-0.05, 0) is 65.4 Å². The maximum Gasteiger partial charge on any atom is 0.133 e. The molecular formula is C17H13ClIN3. The Kier molecular flexibility index (Phi) is 3.58. The molecule has 2 heterocycles. The lowest BCUT2D eigenvalue weighted by Gasteiger charge is -2.06. The molecule has 4 rings (SSSR count). The Morgan fingerprint density at radius 1 is 1.05 bits per heavy atom. The third-order valence-corrected chi connectivity index (χ3v) is 4.81. The maximum atomic E-state index is 5.99. The fourth-order valence-electron chi connectivity index (χ4n) is 2.78. The molecular weight excluding hydrogens is 409 g/mol. The van der Waals surface area contributed by atoms with Gasteiger partial charge in [-0.2, -0.15) is 5.10 Å². The van der Waals surface area contributed by atoms with Gasteiger partial charge in [-0.3, -0.25) is 0 Å². The SMILES string of the molecule is Clc1ccc(-n2nc(-c3ccc(I)cc3)c3c2NCC3)cc1. The first kappa shape index (κ1) is 14.1. The molecule has 1 aliphatic rings. The molecule has 0 aliphatic carbocycles. The minimum absolute atomic E-state index is 0.735. The predicted octanol–water partition coefficient (Wildman–Crippen LogP) is 4.77. The molecule has 0 saturated heterocycles. The van der Waals surface area contributed by atoms with Gasteiger partial charge >= 0.3 is 0 Å². The Bertz CT molecular complexity index is 754. The van der Waals surface area contributed by atoms with Crippen LogP contribution in [0.25, 0.3) is 16.9 Å². The van der Waals surface area contributed by atoms with Crippen LogP contribution in [0.2, 0.25) is 5.02 Å². The van der Waals surface area contributed by atoms with Crippen LogP contribution in [-0.4, -0.2) is 16.3 Å². The zero-order valence-electron chi connectivity index (χ0n) is 11.7. The molecule has 1 aromatic heterocycles. The summed E-state index contributed by atoms with van der Waals surface area (Å²) in [6.07, 6.45) is 1.00. The summed E-state index contributed by atoms with van der Waals surface area (Å²) in [5.74, 6) is 1.09. The van der Waals surface area contributed by atoms with E-state index in [0.717, 1.165) is 40.8 Å². The third kappa shape index (κ3) is 2.40. The highest BCUT2D eigenvalue weighted by Crippen LogP contribution is 2.34. The van der Waals surface area contributed by atoms with Crippen LogP contribution in [0.4, 0.5) is 5.82 Å². The summed E-state index contributed by atoms with van der Waals surface area (Å²) in [5, 5.41) is 9.02. The number of rotatable bonds is 2. The van der Waals surface area contributed by atoms with Crippen LogP contribution in [0.5, 0.6) is 0 Å². The molecule has 0 amide bonds. The molecule has 0 radical (unpaired) electrons. The summed E-state index contributed by atoms with van der Waals surface area (Å²) >= 11 is 8.31. The van der Waals surface area contributed by atoms with Crippen molar-refractivity contribution in [2.45, 2.75) is 6.42 Å². The van der Waals surface area contributed by atoms with Crippen molar-refractivity contribution in [2.75, 3.05) is 11.9 Å². The van der Waals surface area contributed by atoms with Gasteiger partial charge in [0.1, 0.15) is 5.82 Å². The molecule has 22 heavy (non-hydrogen) atoms. The van der Waals surface area contributed by atoms with Crippen LogP contribution in [0.15, 0.2) is 48.5 Å². The first-order valence-electron chi connectivity index (χ1n) is 7.10. The van der Waals surface area contributed by atoms with E-state index in [9.17, 15) is 0 Å². The van der Waals surface area contributed by atoms with Crippen molar-refractivity contribution in [1.29, 1.82) is 0 Å². The number of hydrogen-bond acceptors (Lipinski definition) is 2. The monoisotopic (exact) mass is 421 g/mol. The third-order valence-electron chi connectivity index (χ3n) is 3.84. The van der Waals surface area contributed by atoms with E-state index >= 15 is 0 Å². The van der Waals surface area contributed by atoms with Gasteiger partial charge < -0.3 is 5.32 Å².